The molecule has 0 fully saturated rings. The molecule has 0 aliphatic heterocycles. The number of ether oxygens (including phenoxy) is 1. The van der Waals surface area contributed by atoms with Crippen LogP contribution in [-0.4, -0.2) is 7.11 Å². The van der Waals surface area contributed by atoms with Gasteiger partial charge in [0.25, 0.3) is 0 Å². The largest absolute Gasteiger partial charge is 0.496 e. The Bertz CT molecular complexity index is 207. The van der Waals surface area contributed by atoms with Crippen LogP contribution in [0.25, 0.3) is 0 Å². The molecule has 0 radical (unpaired) electrons. The van der Waals surface area contributed by atoms with Gasteiger partial charge in [-0.25, -0.2) is 0 Å². The molecule has 0 amide bonds. The lowest BCUT2D eigenvalue weighted by atomic mass is 10.3. The van der Waals surface area contributed by atoms with Crippen LogP contribution in [0.1, 0.15) is 17.2 Å². The molecule has 0 bridgehead atoms. The summed E-state index contributed by atoms with van der Waals surface area (Å²) in [6.45, 7) is 1.94. The predicted octanol–water partition coefficient (Wildman–Crippen LogP) is 3.06. The average molecular weight is 177 g/mol. The van der Waals surface area contributed by atoms with E-state index in [1.165, 1.54) is 0 Å². The van der Waals surface area contributed by atoms with Crippen molar-refractivity contribution in [2.45, 2.75) is 12.3 Å². The summed E-state index contributed by atoms with van der Waals surface area (Å²) in [7, 11) is 1.66. The number of alkyl halides is 1. The molecular formula is C7H9ClOS. The summed E-state index contributed by atoms with van der Waals surface area (Å²) in [4.78, 5) is 1.10. The van der Waals surface area contributed by atoms with Crippen LogP contribution in [0.15, 0.2) is 11.4 Å². The zero-order valence-electron chi connectivity index (χ0n) is 5.93. The van der Waals surface area contributed by atoms with Gasteiger partial charge in [-0.2, -0.15) is 0 Å². The van der Waals surface area contributed by atoms with Crippen LogP contribution >= 0.6 is 22.9 Å². The van der Waals surface area contributed by atoms with E-state index in [9.17, 15) is 0 Å². The molecular weight excluding hydrogens is 168 g/mol. The molecule has 1 unspecified atom stereocenters. The quantitative estimate of drug-likeness (QED) is 0.630. The number of thiophene rings is 1. The molecule has 0 N–H and O–H groups in total. The fourth-order valence-corrected chi connectivity index (χ4v) is 1.82. The molecule has 3 heteroatoms. The van der Waals surface area contributed by atoms with Gasteiger partial charge >= 0.3 is 0 Å². The van der Waals surface area contributed by atoms with Gasteiger partial charge in [-0.05, 0) is 18.4 Å². The highest BCUT2D eigenvalue weighted by Gasteiger charge is 2.08. The molecule has 0 saturated heterocycles. The molecule has 1 atom stereocenters. The standard InChI is InChI=1S/C7H9ClOS/c1-5(8)7-6(9-2)3-4-10-7/h3-5H,1-2H3. The summed E-state index contributed by atoms with van der Waals surface area (Å²) in [6, 6.07) is 1.93. The van der Waals surface area contributed by atoms with Crippen molar-refractivity contribution < 1.29 is 4.74 Å². The van der Waals surface area contributed by atoms with Gasteiger partial charge in [0, 0.05) is 0 Å². The molecule has 0 aliphatic rings. The van der Waals surface area contributed by atoms with Gasteiger partial charge in [0.2, 0.25) is 0 Å². The lowest BCUT2D eigenvalue weighted by molar-refractivity contribution is 0.412. The van der Waals surface area contributed by atoms with E-state index in [2.05, 4.69) is 0 Å². The van der Waals surface area contributed by atoms with Crippen LogP contribution in [-0.2, 0) is 0 Å². The number of halogens is 1. The molecule has 0 aliphatic carbocycles. The van der Waals surface area contributed by atoms with Crippen LogP contribution in [0, 0.1) is 0 Å². The third kappa shape index (κ3) is 1.44. The van der Waals surface area contributed by atoms with Crippen LogP contribution in [0.5, 0.6) is 5.75 Å². The summed E-state index contributed by atoms with van der Waals surface area (Å²) in [5.41, 5.74) is 0. The van der Waals surface area contributed by atoms with E-state index in [-0.39, 0.29) is 5.38 Å². The van der Waals surface area contributed by atoms with Crippen molar-refractivity contribution in [3.05, 3.63) is 16.3 Å². The Labute approximate surface area is 69.6 Å². The van der Waals surface area contributed by atoms with Gasteiger partial charge in [0.1, 0.15) is 5.75 Å². The molecule has 1 aromatic heterocycles. The second-order valence-corrected chi connectivity index (χ2v) is 3.57. The van der Waals surface area contributed by atoms with Gasteiger partial charge < -0.3 is 4.74 Å². The lowest BCUT2D eigenvalue weighted by Crippen LogP contribution is -1.85. The molecule has 1 heterocycles. The van der Waals surface area contributed by atoms with Crippen LogP contribution in [0.2, 0.25) is 0 Å². The Morgan fingerprint density at radius 1 is 1.70 bits per heavy atom. The zero-order valence-corrected chi connectivity index (χ0v) is 7.50. The molecule has 1 rings (SSSR count). The highest BCUT2D eigenvalue weighted by Crippen LogP contribution is 2.33. The lowest BCUT2D eigenvalue weighted by Gasteiger charge is -2.02. The number of hydrogen-bond donors (Lipinski definition) is 0. The molecule has 10 heavy (non-hydrogen) atoms. The first-order valence-electron chi connectivity index (χ1n) is 3.01. The Hall–Kier alpha value is -0.210. The van der Waals surface area contributed by atoms with Crippen molar-refractivity contribution in [3.63, 3.8) is 0 Å². The van der Waals surface area contributed by atoms with Crippen molar-refractivity contribution in [2.75, 3.05) is 7.11 Å². The Morgan fingerprint density at radius 2 is 2.40 bits per heavy atom. The first kappa shape index (κ1) is 7.89. The maximum absolute atomic E-state index is 5.86. The topological polar surface area (TPSA) is 9.23 Å². The highest BCUT2D eigenvalue weighted by atomic mass is 35.5. The van der Waals surface area contributed by atoms with E-state index >= 15 is 0 Å². The van der Waals surface area contributed by atoms with Crippen molar-refractivity contribution in [3.8, 4) is 5.75 Å². The van der Waals surface area contributed by atoms with E-state index in [4.69, 9.17) is 16.3 Å². The van der Waals surface area contributed by atoms with E-state index in [0.29, 0.717) is 0 Å². The van der Waals surface area contributed by atoms with E-state index in [1.807, 2.05) is 18.4 Å². The van der Waals surface area contributed by atoms with Crippen LogP contribution < -0.4 is 4.74 Å². The maximum Gasteiger partial charge on any atom is 0.134 e. The van der Waals surface area contributed by atoms with Gasteiger partial charge in [-0.15, -0.1) is 22.9 Å². The van der Waals surface area contributed by atoms with Crippen molar-refractivity contribution in [1.29, 1.82) is 0 Å². The average Bonchev–Trinajstić information content (AvgIpc) is 2.33. The van der Waals surface area contributed by atoms with Crippen molar-refractivity contribution in [2.24, 2.45) is 0 Å². The third-order valence-electron chi connectivity index (χ3n) is 1.24. The van der Waals surface area contributed by atoms with E-state index in [1.54, 1.807) is 18.4 Å². The second kappa shape index (κ2) is 3.26. The first-order chi connectivity index (χ1) is 4.75. The SMILES string of the molecule is COc1ccsc1C(C)Cl. The van der Waals surface area contributed by atoms with Gasteiger partial charge in [0.15, 0.2) is 0 Å². The summed E-state index contributed by atoms with van der Waals surface area (Å²) in [6.07, 6.45) is 0. The zero-order chi connectivity index (χ0) is 7.56. The highest BCUT2D eigenvalue weighted by molar-refractivity contribution is 7.10. The van der Waals surface area contributed by atoms with Gasteiger partial charge in [-0.1, -0.05) is 0 Å². The Morgan fingerprint density at radius 3 is 2.80 bits per heavy atom. The predicted molar refractivity (Wildman–Crippen MR) is 45.1 cm³/mol. The minimum Gasteiger partial charge on any atom is -0.496 e. The smallest absolute Gasteiger partial charge is 0.134 e. The minimum absolute atomic E-state index is 0.0509. The molecule has 56 valence electrons. The Balaban J connectivity index is 2.90. The fourth-order valence-electron chi connectivity index (χ4n) is 0.768. The van der Waals surface area contributed by atoms with Crippen molar-refractivity contribution >= 4 is 22.9 Å². The minimum atomic E-state index is 0.0509. The number of methoxy groups -OCH3 is 1. The van der Waals surface area contributed by atoms with E-state index < -0.39 is 0 Å². The monoisotopic (exact) mass is 176 g/mol. The summed E-state index contributed by atoms with van der Waals surface area (Å²) >= 11 is 7.48. The molecule has 0 aromatic carbocycles. The summed E-state index contributed by atoms with van der Waals surface area (Å²) in [5, 5.41) is 2.03. The molecule has 0 saturated carbocycles. The van der Waals surface area contributed by atoms with Gasteiger partial charge in [0.05, 0.1) is 17.4 Å². The van der Waals surface area contributed by atoms with Crippen LogP contribution in [0.4, 0.5) is 0 Å². The molecule has 0 spiro atoms. The Kier molecular flexibility index (Phi) is 2.57. The molecule has 1 aromatic rings. The van der Waals surface area contributed by atoms with Crippen LogP contribution in [0.3, 0.4) is 0 Å². The number of rotatable bonds is 2. The van der Waals surface area contributed by atoms with E-state index in [0.717, 1.165) is 10.6 Å². The van der Waals surface area contributed by atoms with Crippen molar-refractivity contribution in [1.82, 2.24) is 0 Å². The third-order valence-corrected chi connectivity index (χ3v) is 2.67. The summed E-state index contributed by atoms with van der Waals surface area (Å²) < 4.78 is 5.07. The second-order valence-electron chi connectivity index (χ2n) is 1.97. The first-order valence-corrected chi connectivity index (χ1v) is 4.32. The normalized spacial score (nSPS) is 13.1. The van der Waals surface area contributed by atoms with Gasteiger partial charge in [-0.3, -0.25) is 0 Å². The maximum atomic E-state index is 5.86. The fraction of sp³-hybridized carbons (Fsp3) is 0.429. The number of hydrogen-bond acceptors (Lipinski definition) is 2. The molecule has 1 nitrogen and oxygen atoms in total. The summed E-state index contributed by atoms with van der Waals surface area (Å²) in [5.74, 6) is 0.896.